The zero-order chi connectivity index (χ0) is 13.7. The highest BCUT2D eigenvalue weighted by Crippen LogP contribution is 2.21. The van der Waals surface area contributed by atoms with E-state index in [4.69, 9.17) is 5.73 Å². The number of hydrogen-bond donors (Lipinski definition) is 1. The van der Waals surface area contributed by atoms with Crippen LogP contribution in [0.5, 0.6) is 0 Å². The van der Waals surface area contributed by atoms with Crippen LogP contribution in [-0.2, 0) is 6.54 Å². The smallest absolute Gasteiger partial charge is 0.250 e. The number of nitrogens with two attached hydrogens (primary N) is 1. The fourth-order valence-corrected chi connectivity index (χ4v) is 2.95. The van der Waals surface area contributed by atoms with Crippen molar-refractivity contribution in [2.75, 3.05) is 13.1 Å². The predicted molar refractivity (Wildman–Crippen MR) is 78.2 cm³/mol. The Balaban J connectivity index is 1.89. The van der Waals surface area contributed by atoms with Crippen LogP contribution in [0.1, 0.15) is 32.6 Å². The van der Waals surface area contributed by atoms with Gasteiger partial charge in [0, 0.05) is 37.4 Å². The van der Waals surface area contributed by atoms with Gasteiger partial charge in [0.25, 0.3) is 5.56 Å². The SMILES string of the molecule is CCN(CCn1ccccc1=O)C1CCC(N)CC1. The molecule has 0 atom stereocenters. The average molecular weight is 263 g/mol. The molecule has 4 heteroatoms. The fourth-order valence-electron chi connectivity index (χ4n) is 2.95. The molecule has 1 aromatic heterocycles. The summed E-state index contributed by atoms with van der Waals surface area (Å²) in [4.78, 5) is 14.2. The summed E-state index contributed by atoms with van der Waals surface area (Å²) in [6.45, 7) is 4.96. The molecule has 0 saturated heterocycles. The van der Waals surface area contributed by atoms with Crippen molar-refractivity contribution < 1.29 is 0 Å². The molecule has 1 saturated carbocycles. The molecule has 1 aliphatic rings. The maximum atomic E-state index is 11.7. The minimum Gasteiger partial charge on any atom is -0.328 e. The van der Waals surface area contributed by atoms with Crippen molar-refractivity contribution >= 4 is 0 Å². The number of aromatic nitrogens is 1. The normalized spacial score (nSPS) is 23.7. The van der Waals surface area contributed by atoms with Gasteiger partial charge >= 0.3 is 0 Å². The lowest BCUT2D eigenvalue weighted by Gasteiger charge is -2.35. The first kappa shape index (κ1) is 14.3. The van der Waals surface area contributed by atoms with E-state index < -0.39 is 0 Å². The first-order valence-electron chi connectivity index (χ1n) is 7.35. The van der Waals surface area contributed by atoms with E-state index in [-0.39, 0.29) is 5.56 Å². The van der Waals surface area contributed by atoms with Gasteiger partial charge in [-0.1, -0.05) is 13.0 Å². The van der Waals surface area contributed by atoms with E-state index in [9.17, 15) is 4.79 Å². The highest BCUT2D eigenvalue weighted by molar-refractivity contribution is 4.93. The molecule has 2 rings (SSSR count). The Bertz CT molecular complexity index is 435. The summed E-state index contributed by atoms with van der Waals surface area (Å²) < 4.78 is 1.79. The van der Waals surface area contributed by atoms with Crippen molar-refractivity contribution in [1.82, 2.24) is 9.47 Å². The molecule has 0 unspecified atom stereocenters. The zero-order valence-electron chi connectivity index (χ0n) is 11.8. The molecule has 0 aromatic carbocycles. The van der Waals surface area contributed by atoms with Gasteiger partial charge in [0.05, 0.1) is 0 Å². The van der Waals surface area contributed by atoms with Gasteiger partial charge in [-0.05, 0) is 38.3 Å². The van der Waals surface area contributed by atoms with Crippen molar-refractivity contribution in [1.29, 1.82) is 0 Å². The fraction of sp³-hybridized carbons (Fsp3) is 0.667. The van der Waals surface area contributed by atoms with Gasteiger partial charge in [-0.25, -0.2) is 0 Å². The summed E-state index contributed by atoms with van der Waals surface area (Å²) in [5.74, 6) is 0. The summed E-state index contributed by atoms with van der Waals surface area (Å²) in [7, 11) is 0. The Hall–Kier alpha value is -1.13. The van der Waals surface area contributed by atoms with Gasteiger partial charge in [0.15, 0.2) is 0 Å². The highest BCUT2D eigenvalue weighted by atomic mass is 16.1. The van der Waals surface area contributed by atoms with Crippen LogP contribution in [0.15, 0.2) is 29.2 Å². The molecule has 1 heterocycles. The maximum Gasteiger partial charge on any atom is 0.250 e. The molecule has 4 nitrogen and oxygen atoms in total. The van der Waals surface area contributed by atoms with E-state index in [1.165, 1.54) is 12.8 Å². The van der Waals surface area contributed by atoms with E-state index in [1.54, 1.807) is 16.7 Å². The third kappa shape index (κ3) is 3.91. The maximum absolute atomic E-state index is 11.7. The Kier molecular flexibility index (Phi) is 5.16. The lowest BCUT2D eigenvalue weighted by atomic mass is 9.91. The van der Waals surface area contributed by atoms with E-state index in [1.807, 2.05) is 12.3 Å². The standard InChI is InChI=1S/C15H25N3O/c1-2-17(14-8-6-13(16)7-9-14)11-12-18-10-4-3-5-15(18)19/h3-5,10,13-14H,2,6-9,11-12,16H2,1H3. The molecular weight excluding hydrogens is 238 g/mol. The quantitative estimate of drug-likeness (QED) is 0.874. The van der Waals surface area contributed by atoms with Gasteiger partial charge in [0.2, 0.25) is 0 Å². The molecule has 1 fully saturated rings. The third-order valence-electron chi connectivity index (χ3n) is 4.19. The molecule has 0 amide bonds. The second-order valence-corrected chi connectivity index (χ2v) is 5.43. The molecule has 1 aliphatic carbocycles. The van der Waals surface area contributed by atoms with Gasteiger partial charge in [-0.2, -0.15) is 0 Å². The molecule has 0 bridgehead atoms. The number of rotatable bonds is 5. The second-order valence-electron chi connectivity index (χ2n) is 5.43. The van der Waals surface area contributed by atoms with Gasteiger partial charge < -0.3 is 10.3 Å². The average Bonchev–Trinajstić information content (AvgIpc) is 2.43. The summed E-state index contributed by atoms with van der Waals surface area (Å²) in [5, 5.41) is 0. The minimum absolute atomic E-state index is 0.0872. The topological polar surface area (TPSA) is 51.3 Å². The summed E-state index contributed by atoms with van der Waals surface area (Å²) >= 11 is 0. The first-order chi connectivity index (χ1) is 9.20. The number of nitrogens with zero attached hydrogens (tertiary/aromatic N) is 2. The van der Waals surface area contributed by atoms with Crippen LogP contribution in [0.25, 0.3) is 0 Å². The molecule has 0 radical (unpaired) electrons. The van der Waals surface area contributed by atoms with Gasteiger partial charge in [-0.15, -0.1) is 0 Å². The van der Waals surface area contributed by atoms with E-state index >= 15 is 0 Å². The number of likely N-dealkylation sites (N-methyl/N-ethyl adjacent to an activating group) is 1. The van der Waals surface area contributed by atoms with Crippen LogP contribution in [0, 0.1) is 0 Å². The third-order valence-corrected chi connectivity index (χ3v) is 4.19. The molecule has 0 aliphatic heterocycles. The van der Waals surface area contributed by atoms with Crippen LogP contribution in [-0.4, -0.2) is 34.6 Å². The summed E-state index contributed by atoms with van der Waals surface area (Å²) in [5.41, 5.74) is 6.05. The van der Waals surface area contributed by atoms with Crippen molar-refractivity contribution in [3.05, 3.63) is 34.7 Å². The summed E-state index contributed by atoms with van der Waals surface area (Å²) in [6, 6.07) is 6.36. The largest absolute Gasteiger partial charge is 0.328 e. The Labute approximate surface area is 115 Å². The second kappa shape index (κ2) is 6.87. The van der Waals surface area contributed by atoms with Crippen molar-refractivity contribution in [3.8, 4) is 0 Å². The molecular formula is C15H25N3O. The predicted octanol–water partition coefficient (Wildman–Crippen LogP) is 1.44. The molecule has 0 spiro atoms. The number of pyridine rings is 1. The van der Waals surface area contributed by atoms with Crippen LogP contribution >= 0.6 is 0 Å². The van der Waals surface area contributed by atoms with E-state index in [0.29, 0.717) is 12.1 Å². The van der Waals surface area contributed by atoms with E-state index in [0.717, 1.165) is 32.5 Å². The van der Waals surface area contributed by atoms with Crippen LogP contribution in [0.3, 0.4) is 0 Å². The molecule has 106 valence electrons. The lowest BCUT2D eigenvalue weighted by molar-refractivity contribution is 0.151. The van der Waals surface area contributed by atoms with Crippen LogP contribution < -0.4 is 11.3 Å². The van der Waals surface area contributed by atoms with Crippen molar-refractivity contribution in [3.63, 3.8) is 0 Å². The van der Waals surface area contributed by atoms with Crippen LogP contribution in [0.2, 0.25) is 0 Å². The van der Waals surface area contributed by atoms with Crippen LogP contribution in [0.4, 0.5) is 0 Å². The first-order valence-corrected chi connectivity index (χ1v) is 7.35. The Morgan fingerprint density at radius 2 is 2.05 bits per heavy atom. The van der Waals surface area contributed by atoms with Gasteiger partial charge in [0.1, 0.15) is 0 Å². The molecule has 19 heavy (non-hydrogen) atoms. The Morgan fingerprint density at radius 3 is 2.68 bits per heavy atom. The minimum atomic E-state index is 0.0872. The molecule has 1 aromatic rings. The van der Waals surface area contributed by atoms with Gasteiger partial charge in [-0.3, -0.25) is 9.69 Å². The molecule has 2 N–H and O–H groups in total. The van der Waals surface area contributed by atoms with Crippen molar-refractivity contribution in [2.24, 2.45) is 5.73 Å². The summed E-state index contributed by atoms with van der Waals surface area (Å²) in [6.07, 6.45) is 6.52. The highest BCUT2D eigenvalue weighted by Gasteiger charge is 2.22. The lowest BCUT2D eigenvalue weighted by Crippen LogP contribution is -2.42. The van der Waals surface area contributed by atoms with E-state index in [2.05, 4.69) is 11.8 Å². The Morgan fingerprint density at radius 1 is 1.32 bits per heavy atom. The zero-order valence-corrected chi connectivity index (χ0v) is 11.8. The van der Waals surface area contributed by atoms with Crippen molar-refractivity contribution in [2.45, 2.75) is 51.2 Å². The number of hydrogen-bond acceptors (Lipinski definition) is 3. The monoisotopic (exact) mass is 263 g/mol.